The Morgan fingerprint density at radius 2 is 1.23 bits per heavy atom. The largest absolute Gasteiger partial charge is 0.378 e. The first kappa shape index (κ1) is 19.2. The molecule has 4 nitrogen and oxygen atoms in total. The third kappa shape index (κ3) is 5.21. The Bertz CT molecular complexity index is 427. The molecule has 0 aromatic heterocycles. The maximum absolute atomic E-state index is 6.10. The van der Waals surface area contributed by atoms with Crippen molar-refractivity contribution in [3.8, 4) is 0 Å². The SMILES string of the molecule is CC(C)(C1CCC(OCC2CO2)CC1)[C@H]1CC[C@@H](OCCC2CO2)CC1. The van der Waals surface area contributed by atoms with E-state index in [2.05, 4.69) is 13.8 Å². The van der Waals surface area contributed by atoms with Crippen LogP contribution in [0.15, 0.2) is 0 Å². The highest BCUT2D eigenvalue weighted by atomic mass is 16.6. The number of hydrogen-bond acceptors (Lipinski definition) is 4. The summed E-state index contributed by atoms with van der Waals surface area (Å²) < 4.78 is 22.7. The molecule has 0 aromatic rings. The number of hydrogen-bond donors (Lipinski definition) is 0. The Hall–Kier alpha value is -0.160. The molecule has 2 aliphatic heterocycles. The van der Waals surface area contributed by atoms with E-state index in [9.17, 15) is 0 Å². The Morgan fingerprint density at radius 3 is 1.73 bits per heavy atom. The molecule has 2 aliphatic carbocycles. The average Bonchev–Trinajstić information content (AvgIpc) is 3.55. The quantitative estimate of drug-likeness (QED) is 0.569. The number of epoxide rings is 2. The summed E-state index contributed by atoms with van der Waals surface area (Å²) in [6, 6.07) is 0. The zero-order chi connectivity index (χ0) is 18.0. The fourth-order valence-corrected chi connectivity index (χ4v) is 5.29. The first-order valence-electron chi connectivity index (χ1n) is 11.1. The van der Waals surface area contributed by atoms with Crippen molar-refractivity contribution in [2.45, 2.75) is 96.1 Å². The topological polar surface area (TPSA) is 43.5 Å². The van der Waals surface area contributed by atoms with Gasteiger partial charge in [-0.2, -0.15) is 0 Å². The Morgan fingerprint density at radius 1 is 0.731 bits per heavy atom. The van der Waals surface area contributed by atoms with Crippen molar-refractivity contribution in [2.24, 2.45) is 17.3 Å². The minimum Gasteiger partial charge on any atom is -0.378 e. The second kappa shape index (κ2) is 8.46. The predicted octanol–water partition coefficient (Wildman–Crippen LogP) is 4.35. The zero-order valence-electron chi connectivity index (χ0n) is 16.8. The van der Waals surface area contributed by atoms with Crippen molar-refractivity contribution in [3.05, 3.63) is 0 Å². The molecule has 2 heterocycles. The van der Waals surface area contributed by atoms with Crippen LogP contribution >= 0.6 is 0 Å². The zero-order valence-corrected chi connectivity index (χ0v) is 16.8. The van der Waals surface area contributed by atoms with Gasteiger partial charge in [-0.25, -0.2) is 0 Å². The van der Waals surface area contributed by atoms with Gasteiger partial charge in [0.15, 0.2) is 0 Å². The van der Waals surface area contributed by atoms with Gasteiger partial charge in [0.05, 0.1) is 38.1 Å². The van der Waals surface area contributed by atoms with Crippen molar-refractivity contribution in [2.75, 3.05) is 26.4 Å². The van der Waals surface area contributed by atoms with Gasteiger partial charge >= 0.3 is 0 Å². The van der Waals surface area contributed by atoms with Crippen molar-refractivity contribution in [1.82, 2.24) is 0 Å². The predicted molar refractivity (Wildman–Crippen MR) is 101 cm³/mol. The summed E-state index contributed by atoms with van der Waals surface area (Å²) in [5.74, 6) is 1.71. The third-order valence-electron chi connectivity index (χ3n) is 7.57. The molecule has 0 amide bonds. The van der Waals surface area contributed by atoms with Crippen LogP contribution in [-0.4, -0.2) is 50.8 Å². The van der Waals surface area contributed by atoms with Crippen molar-refractivity contribution < 1.29 is 18.9 Å². The van der Waals surface area contributed by atoms with Gasteiger partial charge in [0, 0.05) is 6.61 Å². The van der Waals surface area contributed by atoms with E-state index >= 15 is 0 Å². The lowest BCUT2D eigenvalue weighted by molar-refractivity contribution is -0.0376. The van der Waals surface area contributed by atoms with E-state index in [1.807, 2.05) is 0 Å². The fourth-order valence-electron chi connectivity index (χ4n) is 5.29. The highest BCUT2D eigenvalue weighted by Crippen LogP contribution is 2.48. The molecule has 2 atom stereocenters. The Labute approximate surface area is 159 Å². The highest BCUT2D eigenvalue weighted by Gasteiger charge is 2.41. The van der Waals surface area contributed by atoms with Crippen LogP contribution in [-0.2, 0) is 18.9 Å². The molecule has 0 N–H and O–H groups in total. The molecule has 4 rings (SSSR count). The van der Waals surface area contributed by atoms with Crippen LogP contribution in [0.5, 0.6) is 0 Å². The van der Waals surface area contributed by atoms with Crippen LogP contribution < -0.4 is 0 Å². The Kier molecular flexibility index (Phi) is 6.24. The molecule has 4 fully saturated rings. The molecular formula is C22H38O4. The van der Waals surface area contributed by atoms with Crippen molar-refractivity contribution in [1.29, 1.82) is 0 Å². The molecule has 2 saturated carbocycles. The van der Waals surface area contributed by atoms with Crippen LogP contribution in [0.2, 0.25) is 0 Å². The summed E-state index contributed by atoms with van der Waals surface area (Å²) >= 11 is 0. The minimum absolute atomic E-state index is 0.401. The summed E-state index contributed by atoms with van der Waals surface area (Å²) in [6.07, 6.45) is 13.3. The highest BCUT2D eigenvalue weighted by molar-refractivity contribution is 4.91. The Balaban J connectivity index is 1.16. The maximum Gasteiger partial charge on any atom is 0.104 e. The van der Waals surface area contributed by atoms with Gasteiger partial charge in [-0.15, -0.1) is 0 Å². The molecule has 4 aliphatic rings. The van der Waals surface area contributed by atoms with Crippen LogP contribution in [0.3, 0.4) is 0 Å². The summed E-state index contributed by atoms with van der Waals surface area (Å²) in [4.78, 5) is 0. The van der Waals surface area contributed by atoms with Gasteiger partial charge in [0.2, 0.25) is 0 Å². The fraction of sp³-hybridized carbons (Fsp3) is 1.00. The van der Waals surface area contributed by atoms with Gasteiger partial charge in [0.25, 0.3) is 0 Å². The summed E-state index contributed by atoms with van der Waals surface area (Å²) in [6.45, 7) is 8.63. The monoisotopic (exact) mass is 366 g/mol. The van der Waals surface area contributed by atoms with E-state index < -0.39 is 0 Å². The van der Waals surface area contributed by atoms with Crippen molar-refractivity contribution >= 4 is 0 Å². The van der Waals surface area contributed by atoms with Gasteiger partial charge < -0.3 is 18.9 Å². The average molecular weight is 367 g/mol. The van der Waals surface area contributed by atoms with Crippen LogP contribution in [0.4, 0.5) is 0 Å². The second-order valence-corrected chi connectivity index (χ2v) is 9.67. The molecule has 0 bridgehead atoms. The molecular weight excluding hydrogens is 328 g/mol. The third-order valence-corrected chi connectivity index (χ3v) is 7.57. The van der Waals surface area contributed by atoms with E-state index in [1.54, 1.807) is 0 Å². The van der Waals surface area contributed by atoms with Crippen LogP contribution in [0.25, 0.3) is 0 Å². The van der Waals surface area contributed by atoms with Crippen LogP contribution in [0, 0.1) is 17.3 Å². The van der Waals surface area contributed by atoms with Gasteiger partial charge in [-0.1, -0.05) is 13.8 Å². The number of rotatable bonds is 9. The summed E-state index contributed by atoms with van der Waals surface area (Å²) in [5.41, 5.74) is 0.456. The lowest BCUT2D eigenvalue weighted by atomic mass is 9.60. The second-order valence-electron chi connectivity index (χ2n) is 9.67. The van der Waals surface area contributed by atoms with Crippen LogP contribution in [0.1, 0.15) is 71.6 Å². The molecule has 26 heavy (non-hydrogen) atoms. The van der Waals surface area contributed by atoms with Gasteiger partial charge in [-0.3, -0.25) is 0 Å². The minimum atomic E-state index is 0.401. The number of ether oxygens (including phenoxy) is 4. The summed E-state index contributed by atoms with van der Waals surface area (Å²) in [7, 11) is 0. The van der Waals surface area contributed by atoms with Gasteiger partial charge in [-0.05, 0) is 75.0 Å². The van der Waals surface area contributed by atoms with Gasteiger partial charge in [0.1, 0.15) is 6.10 Å². The lowest BCUT2D eigenvalue weighted by Gasteiger charge is -2.46. The molecule has 0 spiro atoms. The standard InChI is InChI=1S/C22H38O4/c1-22(2,17-5-9-19(10-6-17)24-14-21-15-26-21)16-3-7-18(8-4-16)23-12-11-20-13-25-20/h16-21H,3-15H2,1-2H3/t16-,17?,18+,19?,20?,21?. The van der Waals surface area contributed by atoms with E-state index in [4.69, 9.17) is 18.9 Å². The smallest absolute Gasteiger partial charge is 0.104 e. The molecule has 150 valence electrons. The molecule has 0 radical (unpaired) electrons. The first-order chi connectivity index (χ1) is 12.6. The molecule has 4 heteroatoms. The first-order valence-corrected chi connectivity index (χ1v) is 11.1. The van der Waals surface area contributed by atoms with E-state index in [1.165, 1.54) is 51.4 Å². The summed E-state index contributed by atoms with van der Waals surface area (Å²) in [5, 5.41) is 0. The molecule has 2 saturated heterocycles. The van der Waals surface area contributed by atoms with E-state index in [-0.39, 0.29) is 0 Å². The van der Waals surface area contributed by atoms with E-state index in [0.29, 0.717) is 29.8 Å². The normalized spacial score (nSPS) is 40.4. The maximum atomic E-state index is 6.10. The lowest BCUT2D eigenvalue weighted by Crippen LogP contribution is -2.39. The molecule has 2 unspecified atom stereocenters. The van der Waals surface area contributed by atoms with Crippen molar-refractivity contribution in [3.63, 3.8) is 0 Å². The van der Waals surface area contributed by atoms with E-state index in [0.717, 1.165) is 44.7 Å². The molecule has 0 aromatic carbocycles.